The van der Waals surface area contributed by atoms with E-state index in [1.54, 1.807) is 0 Å². The van der Waals surface area contributed by atoms with E-state index in [1.807, 2.05) is 67.7 Å². The minimum atomic E-state index is -2.13. The Balaban J connectivity index is 1.93. The first-order valence-electron chi connectivity index (χ1n) is 9.01. The van der Waals surface area contributed by atoms with E-state index < -0.39 is 8.32 Å². The van der Waals surface area contributed by atoms with Crippen LogP contribution >= 0.6 is 0 Å². The van der Waals surface area contributed by atoms with E-state index in [4.69, 9.17) is 4.43 Å². The van der Waals surface area contributed by atoms with Crippen molar-refractivity contribution >= 4 is 20.1 Å². The Bertz CT molecular complexity index is 756. The molecule has 0 aliphatic heterocycles. The van der Waals surface area contributed by atoms with Crippen LogP contribution in [0.5, 0.6) is 0 Å². The molecule has 138 valence electrons. The summed E-state index contributed by atoms with van der Waals surface area (Å²) in [4.78, 5) is 24.5. The van der Waals surface area contributed by atoms with Gasteiger partial charge in [0.05, 0.1) is 6.42 Å². The highest BCUT2D eigenvalue weighted by atomic mass is 28.4. The fourth-order valence-electron chi connectivity index (χ4n) is 2.33. The summed E-state index contributed by atoms with van der Waals surface area (Å²) < 4.78 is 5.71. The topological polar surface area (TPSA) is 43.4 Å². The number of ketones is 1. The molecule has 0 saturated heterocycles. The highest BCUT2D eigenvalue weighted by Gasteiger charge is 2.40. The Morgan fingerprint density at radius 1 is 0.846 bits per heavy atom. The SMILES string of the molecule is CC(C)(C)[Si](C)(C)OC(=O)CCC(=O)c1ccc(-c2ccccc2)cc1. The molecule has 0 heterocycles. The molecule has 2 aromatic rings. The molecule has 0 spiro atoms. The summed E-state index contributed by atoms with van der Waals surface area (Å²) in [6.45, 7) is 10.3. The third kappa shape index (κ3) is 5.15. The Kier molecular flexibility index (Phi) is 6.19. The van der Waals surface area contributed by atoms with Crippen molar-refractivity contribution in [2.24, 2.45) is 0 Å². The van der Waals surface area contributed by atoms with Gasteiger partial charge in [-0.15, -0.1) is 0 Å². The van der Waals surface area contributed by atoms with E-state index in [1.165, 1.54) is 0 Å². The average Bonchev–Trinajstić information content (AvgIpc) is 2.59. The Labute approximate surface area is 157 Å². The second-order valence-electron chi connectivity index (χ2n) is 8.10. The van der Waals surface area contributed by atoms with Gasteiger partial charge >= 0.3 is 0 Å². The van der Waals surface area contributed by atoms with Crippen molar-refractivity contribution < 1.29 is 14.0 Å². The number of hydrogen-bond acceptors (Lipinski definition) is 3. The molecule has 0 saturated carbocycles. The summed E-state index contributed by atoms with van der Waals surface area (Å²) in [5.41, 5.74) is 2.81. The first kappa shape index (κ1) is 20.1. The third-order valence-electron chi connectivity index (χ3n) is 5.05. The molecule has 0 atom stereocenters. The molecule has 0 aromatic heterocycles. The second-order valence-corrected chi connectivity index (χ2v) is 12.8. The largest absolute Gasteiger partial charge is 0.519 e. The molecule has 2 aromatic carbocycles. The van der Waals surface area contributed by atoms with Crippen LogP contribution in [0.25, 0.3) is 11.1 Å². The lowest BCUT2D eigenvalue weighted by molar-refractivity contribution is -0.135. The van der Waals surface area contributed by atoms with Gasteiger partial charge in [-0.2, -0.15) is 0 Å². The molecule has 0 amide bonds. The summed E-state index contributed by atoms with van der Waals surface area (Å²) in [5.74, 6) is -0.303. The van der Waals surface area contributed by atoms with Gasteiger partial charge < -0.3 is 4.43 Å². The van der Waals surface area contributed by atoms with Crippen molar-refractivity contribution in [3.8, 4) is 11.1 Å². The first-order chi connectivity index (χ1) is 12.1. The molecule has 0 bridgehead atoms. The number of carbonyl (C=O) groups excluding carboxylic acids is 2. The second kappa shape index (κ2) is 8.00. The fraction of sp³-hybridized carbons (Fsp3) is 0.364. The lowest BCUT2D eigenvalue weighted by Gasteiger charge is -2.35. The average molecular weight is 369 g/mol. The van der Waals surface area contributed by atoms with Crippen LogP contribution in [-0.4, -0.2) is 20.1 Å². The van der Waals surface area contributed by atoms with Crippen LogP contribution < -0.4 is 0 Å². The van der Waals surface area contributed by atoms with Gasteiger partial charge in [-0.05, 0) is 29.3 Å². The van der Waals surface area contributed by atoms with Crippen molar-refractivity contribution in [2.75, 3.05) is 0 Å². The minimum Gasteiger partial charge on any atom is -0.519 e. The van der Waals surface area contributed by atoms with Gasteiger partial charge in [0.1, 0.15) is 0 Å². The summed E-state index contributed by atoms with van der Waals surface area (Å²) in [5, 5.41) is -0.0278. The molecule has 0 radical (unpaired) electrons. The Hall–Kier alpha value is -2.20. The maximum absolute atomic E-state index is 12.4. The van der Waals surface area contributed by atoms with Crippen molar-refractivity contribution in [1.82, 2.24) is 0 Å². The summed E-state index contributed by atoms with van der Waals surface area (Å²) >= 11 is 0. The predicted molar refractivity (Wildman–Crippen MR) is 109 cm³/mol. The van der Waals surface area contributed by atoms with E-state index in [9.17, 15) is 9.59 Å². The van der Waals surface area contributed by atoms with Crippen molar-refractivity contribution in [1.29, 1.82) is 0 Å². The Morgan fingerprint density at radius 3 is 1.92 bits per heavy atom. The van der Waals surface area contributed by atoms with Crippen LogP contribution in [0.1, 0.15) is 44.0 Å². The first-order valence-corrected chi connectivity index (χ1v) is 11.9. The lowest BCUT2D eigenvalue weighted by atomic mass is 10.0. The number of benzene rings is 2. The van der Waals surface area contributed by atoms with Gasteiger partial charge in [-0.25, -0.2) is 0 Å². The molecule has 0 aliphatic rings. The van der Waals surface area contributed by atoms with Gasteiger partial charge in [-0.1, -0.05) is 75.4 Å². The van der Waals surface area contributed by atoms with Crippen LogP contribution in [0.2, 0.25) is 18.1 Å². The number of rotatable bonds is 6. The third-order valence-corrected chi connectivity index (χ3v) is 9.40. The monoisotopic (exact) mass is 368 g/mol. The normalized spacial score (nSPS) is 11.9. The number of Topliss-reactive ketones (excluding diaryl/α,β-unsaturated/α-hetero) is 1. The van der Waals surface area contributed by atoms with Crippen molar-refractivity contribution in [2.45, 2.75) is 51.7 Å². The fourth-order valence-corrected chi connectivity index (χ4v) is 3.31. The van der Waals surface area contributed by atoms with E-state index >= 15 is 0 Å². The maximum Gasteiger partial charge on any atom is 0.292 e. The van der Waals surface area contributed by atoms with Crippen molar-refractivity contribution in [3.05, 3.63) is 60.2 Å². The standard InChI is InChI=1S/C22H28O3Si/c1-22(2,3)26(4,5)25-21(24)16-15-20(23)19-13-11-18(12-14-19)17-9-7-6-8-10-17/h6-14H,15-16H2,1-5H3. The molecular formula is C22H28O3Si. The van der Waals surface area contributed by atoms with Gasteiger partial charge in [0.25, 0.3) is 14.3 Å². The molecule has 0 unspecified atom stereocenters. The van der Waals surface area contributed by atoms with Crippen LogP contribution in [0.3, 0.4) is 0 Å². The number of carbonyl (C=O) groups is 2. The van der Waals surface area contributed by atoms with Crippen LogP contribution in [0, 0.1) is 0 Å². The van der Waals surface area contributed by atoms with Crippen LogP contribution in [-0.2, 0) is 9.22 Å². The number of hydrogen-bond donors (Lipinski definition) is 0. The summed E-state index contributed by atoms with van der Waals surface area (Å²) in [6, 6.07) is 17.6. The molecule has 26 heavy (non-hydrogen) atoms. The Morgan fingerprint density at radius 2 is 1.38 bits per heavy atom. The van der Waals surface area contributed by atoms with E-state index in [2.05, 4.69) is 20.8 Å². The smallest absolute Gasteiger partial charge is 0.292 e. The molecule has 4 heteroatoms. The molecule has 0 aliphatic carbocycles. The van der Waals surface area contributed by atoms with Gasteiger partial charge in [0.15, 0.2) is 5.78 Å². The minimum absolute atomic E-state index is 0.0278. The summed E-state index contributed by atoms with van der Waals surface area (Å²) in [7, 11) is -2.13. The van der Waals surface area contributed by atoms with Gasteiger partial charge in [-0.3, -0.25) is 9.59 Å². The zero-order valence-corrected chi connectivity index (χ0v) is 17.3. The van der Waals surface area contributed by atoms with E-state index in [-0.39, 0.29) is 29.6 Å². The zero-order chi connectivity index (χ0) is 19.4. The van der Waals surface area contributed by atoms with Gasteiger partial charge in [0, 0.05) is 12.0 Å². The highest BCUT2D eigenvalue weighted by molar-refractivity contribution is 6.75. The maximum atomic E-state index is 12.4. The summed E-state index contributed by atoms with van der Waals surface area (Å²) in [6.07, 6.45) is 0.309. The highest BCUT2D eigenvalue weighted by Crippen LogP contribution is 2.36. The van der Waals surface area contributed by atoms with Crippen LogP contribution in [0.4, 0.5) is 0 Å². The van der Waals surface area contributed by atoms with Gasteiger partial charge in [0.2, 0.25) is 0 Å². The zero-order valence-electron chi connectivity index (χ0n) is 16.3. The molecule has 3 nitrogen and oxygen atoms in total. The predicted octanol–water partition coefficient (Wildman–Crippen LogP) is 5.86. The molecule has 2 rings (SSSR count). The van der Waals surface area contributed by atoms with Crippen molar-refractivity contribution in [3.63, 3.8) is 0 Å². The molecule has 0 N–H and O–H groups in total. The quantitative estimate of drug-likeness (QED) is 0.473. The lowest BCUT2D eigenvalue weighted by Crippen LogP contribution is -2.42. The van der Waals surface area contributed by atoms with E-state index in [0.29, 0.717) is 5.56 Å². The molecular weight excluding hydrogens is 340 g/mol. The van der Waals surface area contributed by atoms with Crippen LogP contribution in [0.15, 0.2) is 54.6 Å². The molecule has 0 fully saturated rings. The van der Waals surface area contributed by atoms with E-state index in [0.717, 1.165) is 11.1 Å².